The maximum absolute atomic E-state index is 13.3. The van der Waals surface area contributed by atoms with E-state index < -0.39 is 61.1 Å². The van der Waals surface area contributed by atoms with Gasteiger partial charge in [0.15, 0.2) is 12.2 Å². The molecule has 0 aliphatic heterocycles. The van der Waals surface area contributed by atoms with E-state index in [1.807, 2.05) is 0 Å². The van der Waals surface area contributed by atoms with Crippen molar-refractivity contribution in [1.29, 1.82) is 0 Å². The van der Waals surface area contributed by atoms with Gasteiger partial charge < -0.3 is 29.9 Å². The fraction of sp³-hybridized carbons (Fsp3) is 0.905. The first-order valence-corrected chi connectivity index (χ1v) is 21.3. The van der Waals surface area contributed by atoms with E-state index in [9.17, 15) is 29.4 Å². The standard InChI is InChI=1S/C42H78O10/c1-3-5-7-9-11-13-15-17-19-21-23-25-27-29-31-35(39(47)51-41(49)37(45)33-43)36(40(48)52-42(50)38(46)34-44)32-30-28-26-24-22-20-18-16-14-12-10-8-6-4-2/h35-38,43-46H,3-34H2,1-2H3. The third-order valence-electron chi connectivity index (χ3n) is 10.1. The number of carbonyl (C=O) groups is 4. The van der Waals surface area contributed by atoms with Gasteiger partial charge in [0.1, 0.15) is 0 Å². The zero-order chi connectivity index (χ0) is 38.7. The van der Waals surface area contributed by atoms with E-state index in [0.717, 1.165) is 51.4 Å². The van der Waals surface area contributed by atoms with Crippen molar-refractivity contribution < 1.29 is 49.1 Å². The SMILES string of the molecule is CCCCCCCCCCCCCCCCC(C(=O)OC(=O)C(O)CO)C(CCCCCCCCCCCCCCCC)C(=O)OC(=O)C(O)CO. The summed E-state index contributed by atoms with van der Waals surface area (Å²) in [5.41, 5.74) is 0. The third kappa shape index (κ3) is 27.7. The highest BCUT2D eigenvalue weighted by molar-refractivity contribution is 5.94. The minimum Gasteiger partial charge on any atom is -0.393 e. The van der Waals surface area contributed by atoms with Crippen LogP contribution in [0.15, 0.2) is 0 Å². The first-order chi connectivity index (χ1) is 25.2. The third-order valence-corrected chi connectivity index (χ3v) is 10.1. The van der Waals surface area contributed by atoms with Gasteiger partial charge in [0.2, 0.25) is 0 Å². The van der Waals surface area contributed by atoms with E-state index in [4.69, 9.17) is 19.7 Å². The van der Waals surface area contributed by atoms with Crippen LogP contribution in [0.25, 0.3) is 0 Å². The predicted molar refractivity (Wildman–Crippen MR) is 205 cm³/mol. The van der Waals surface area contributed by atoms with E-state index in [-0.39, 0.29) is 12.8 Å². The van der Waals surface area contributed by atoms with Crippen LogP contribution in [0, 0.1) is 11.8 Å². The quantitative estimate of drug-likeness (QED) is 0.0274. The van der Waals surface area contributed by atoms with Crippen LogP contribution in [0.1, 0.15) is 206 Å². The molecular weight excluding hydrogens is 664 g/mol. The van der Waals surface area contributed by atoms with Crippen molar-refractivity contribution in [2.45, 2.75) is 219 Å². The highest BCUT2D eigenvalue weighted by Crippen LogP contribution is 2.29. The molecule has 0 heterocycles. The molecule has 10 heteroatoms. The van der Waals surface area contributed by atoms with Crippen molar-refractivity contribution in [2.24, 2.45) is 11.8 Å². The molecule has 0 aliphatic carbocycles. The number of aliphatic hydroxyl groups is 4. The summed E-state index contributed by atoms with van der Waals surface area (Å²) >= 11 is 0. The summed E-state index contributed by atoms with van der Waals surface area (Å²) in [7, 11) is 0. The molecule has 0 aliphatic rings. The Morgan fingerprint density at radius 2 is 0.577 bits per heavy atom. The number of carbonyl (C=O) groups excluding carboxylic acids is 4. The second-order valence-electron chi connectivity index (χ2n) is 14.9. The molecule has 4 unspecified atom stereocenters. The topological polar surface area (TPSA) is 168 Å². The Bertz CT molecular complexity index is 809. The van der Waals surface area contributed by atoms with Gasteiger partial charge in [0.25, 0.3) is 0 Å². The van der Waals surface area contributed by atoms with Crippen LogP contribution in [0.2, 0.25) is 0 Å². The zero-order valence-electron chi connectivity index (χ0n) is 33.2. The molecule has 0 saturated carbocycles. The number of rotatable bonds is 37. The molecule has 0 fully saturated rings. The van der Waals surface area contributed by atoms with Crippen LogP contribution in [-0.2, 0) is 28.7 Å². The molecule has 10 nitrogen and oxygen atoms in total. The average molecular weight is 743 g/mol. The van der Waals surface area contributed by atoms with Gasteiger partial charge in [-0.25, -0.2) is 9.59 Å². The van der Waals surface area contributed by atoms with Crippen molar-refractivity contribution in [3.63, 3.8) is 0 Å². The Hall–Kier alpha value is -1.88. The average Bonchev–Trinajstić information content (AvgIpc) is 3.14. The molecular formula is C42H78O10. The lowest BCUT2D eigenvalue weighted by Crippen LogP contribution is -2.38. The first-order valence-electron chi connectivity index (χ1n) is 21.3. The van der Waals surface area contributed by atoms with Crippen LogP contribution >= 0.6 is 0 Å². The maximum atomic E-state index is 13.3. The van der Waals surface area contributed by atoms with Gasteiger partial charge in [-0.15, -0.1) is 0 Å². The molecule has 0 bridgehead atoms. The molecule has 0 rings (SSSR count). The van der Waals surface area contributed by atoms with Gasteiger partial charge >= 0.3 is 23.9 Å². The molecule has 52 heavy (non-hydrogen) atoms. The number of hydrogen-bond donors (Lipinski definition) is 4. The van der Waals surface area contributed by atoms with Gasteiger partial charge in [-0.3, -0.25) is 9.59 Å². The summed E-state index contributed by atoms with van der Waals surface area (Å²) in [4.78, 5) is 51.0. The second kappa shape index (κ2) is 36.1. The van der Waals surface area contributed by atoms with Gasteiger partial charge in [-0.05, 0) is 12.8 Å². The van der Waals surface area contributed by atoms with Crippen LogP contribution in [0.3, 0.4) is 0 Å². The number of esters is 4. The van der Waals surface area contributed by atoms with Crippen LogP contribution in [0.4, 0.5) is 0 Å². The van der Waals surface area contributed by atoms with E-state index in [1.165, 1.54) is 116 Å². The van der Waals surface area contributed by atoms with Crippen LogP contribution in [0.5, 0.6) is 0 Å². The molecule has 0 aromatic rings. The van der Waals surface area contributed by atoms with Gasteiger partial charge in [0, 0.05) is 0 Å². The molecule has 0 radical (unpaired) electrons. The highest BCUT2D eigenvalue weighted by Gasteiger charge is 2.38. The van der Waals surface area contributed by atoms with Crippen LogP contribution in [-0.4, -0.2) is 69.7 Å². The number of ether oxygens (including phenoxy) is 2. The van der Waals surface area contributed by atoms with Crippen molar-refractivity contribution in [2.75, 3.05) is 13.2 Å². The molecule has 4 atom stereocenters. The summed E-state index contributed by atoms with van der Waals surface area (Å²) in [6, 6.07) is 0. The highest BCUT2D eigenvalue weighted by atomic mass is 16.6. The summed E-state index contributed by atoms with van der Waals surface area (Å²) < 4.78 is 9.79. The summed E-state index contributed by atoms with van der Waals surface area (Å²) in [5, 5.41) is 37.7. The Morgan fingerprint density at radius 3 is 0.788 bits per heavy atom. The molecule has 0 spiro atoms. The summed E-state index contributed by atoms with van der Waals surface area (Å²) in [6.07, 6.45) is 28.8. The van der Waals surface area contributed by atoms with Crippen molar-refractivity contribution >= 4 is 23.9 Å². The lowest BCUT2D eigenvalue weighted by atomic mass is 9.83. The molecule has 306 valence electrons. The van der Waals surface area contributed by atoms with Crippen molar-refractivity contribution in [3.8, 4) is 0 Å². The lowest BCUT2D eigenvalue weighted by molar-refractivity contribution is -0.178. The van der Waals surface area contributed by atoms with Crippen molar-refractivity contribution in [3.05, 3.63) is 0 Å². The second-order valence-corrected chi connectivity index (χ2v) is 14.9. The molecule has 0 aromatic heterocycles. The monoisotopic (exact) mass is 743 g/mol. The minimum atomic E-state index is -1.90. The molecule has 4 N–H and O–H groups in total. The van der Waals surface area contributed by atoms with Crippen LogP contribution < -0.4 is 0 Å². The molecule has 0 aromatic carbocycles. The Kier molecular flexibility index (Phi) is 34.8. The predicted octanol–water partition coefficient (Wildman–Crippen LogP) is 8.81. The fourth-order valence-corrected chi connectivity index (χ4v) is 6.72. The van der Waals surface area contributed by atoms with Crippen molar-refractivity contribution in [1.82, 2.24) is 0 Å². The number of unbranched alkanes of at least 4 members (excludes halogenated alkanes) is 26. The van der Waals surface area contributed by atoms with E-state index in [2.05, 4.69) is 13.8 Å². The normalized spacial score (nSPS) is 13.7. The lowest BCUT2D eigenvalue weighted by Gasteiger charge is -2.24. The number of aliphatic hydroxyl groups excluding tert-OH is 4. The Labute approximate surface area is 316 Å². The van der Waals surface area contributed by atoms with Gasteiger partial charge in [-0.2, -0.15) is 0 Å². The fourth-order valence-electron chi connectivity index (χ4n) is 6.72. The molecule has 0 amide bonds. The first kappa shape index (κ1) is 50.1. The summed E-state index contributed by atoms with van der Waals surface area (Å²) in [6.45, 7) is 2.62. The van der Waals surface area contributed by atoms with Gasteiger partial charge in [-0.1, -0.05) is 194 Å². The Balaban J connectivity index is 5.05. The number of hydrogen-bond acceptors (Lipinski definition) is 10. The smallest absolute Gasteiger partial charge is 0.345 e. The van der Waals surface area contributed by atoms with E-state index in [0.29, 0.717) is 12.8 Å². The summed E-state index contributed by atoms with van der Waals surface area (Å²) in [5.74, 6) is -6.91. The van der Waals surface area contributed by atoms with E-state index in [1.54, 1.807) is 0 Å². The maximum Gasteiger partial charge on any atom is 0.345 e. The van der Waals surface area contributed by atoms with E-state index >= 15 is 0 Å². The zero-order valence-corrected chi connectivity index (χ0v) is 33.2. The largest absolute Gasteiger partial charge is 0.393 e. The molecule has 0 saturated heterocycles. The van der Waals surface area contributed by atoms with Gasteiger partial charge in [0.05, 0.1) is 25.0 Å². The minimum absolute atomic E-state index is 0.203. The Morgan fingerprint density at radius 1 is 0.365 bits per heavy atom.